The van der Waals surface area contributed by atoms with Crippen molar-refractivity contribution in [2.75, 3.05) is 23.3 Å². The third-order valence-corrected chi connectivity index (χ3v) is 6.10. The molecule has 1 aliphatic carbocycles. The van der Waals surface area contributed by atoms with Gasteiger partial charge in [0, 0.05) is 18.0 Å². The Hall–Kier alpha value is -4.30. The maximum atomic E-state index is 14.0. The van der Waals surface area contributed by atoms with Crippen LogP contribution in [0.25, 0.3) is 16.6 Å². The third-order valence-electron chi connectivity index (χ3n) is 5.78. The standard InChI is InChI=1S/C22H17ClFN9O/c23-14-2-1-3-15-16(14)19(34)33(12-6-11(24)8-28-9-12)20(30-15)22(4-5-22)10-29-18-13(7-25)17(26)31-21(27)32-18/h1-3,6,8-9H,4-5,10H2,(H5,26,27,29,31,32). The molecule has 4 aromatic rings. The molecule has 3 aromatic heterocycles. The molecule has 0 amide bonds. The fourth-order valence-corrected chi connectivity index (χ4v) is 4.18. The lowest BCUT2D eigenvalue weighted by Crippen LogP contribution is -2.32. The molecule has 0 spiro atoms. The summed E-state index contributed by atoms with van der Waals surface area (Å²) in [4.78, 5) is 30.1. The fraction of sp³-hybridized carbons (Fsp3) is 0.182. The van der Waals surface area contributed by atoms with E-state index >= 15 is 0 Å². The number of nitriles is 1. The molecule has 1 saturated carbocycles. The highest BCUT2D eigenvalue weighted by atomic mass is 35.5. The Labute approximate surface area is 197 Å². The summed E-state index contributed by atoms with van der Waals surface area (Å²) in [6.45, 7) is 0.263. The van der Waals surface area contributed by atoms with Gasteiger partial charge in [0.15, 0.2) is 5.82 Å². The number of nitrogens with one attached hydrogen (secondary N) is 1. The van der Waals surface area contributed by atoms with Gasteiger partial charge in [-0.05, 0) is 25.0 Å². The van der Waals surface area contributed by atoms with Crippen LogP contribution in [0.2, 0.25) is 5.02 Å². The highest BCUT2D eigenvalue weighted by Crippen LogP contribution is 2.48. The van der Waals surface area contributed by atoms with Crippen molar-refractivity contribution in [3.63, 3.8) is 0 Å². The van der Waals surface area contributed by atoms with Crippen molar-refractivity contribution in [2.45, 2.75) is 18.3 Å². The number of pyridine rings is 1. The minimum absolute atomic E-state index is 0.0384. The normalized spacial score (nSPS) is 14.0. The van der Waals surface area contributed by atoms with Crippen molar-refractivity contribution >= 4 is 40.1 Å². The number of rotatable bonds is 5. The van der Waals surface area contributed by atoms with E-state index in [4.69, 9.17) is 28.1 Å². The smallest absolute Gasteiger partial charge is 0.267 e. The van der Waals surface area contributed by atoms with Crippen molar-refractivity contribution in [1.29, 1.82) is 5.26 Å². The third kappa shape index (κ3) is 3.54. The molecule has 12 heteroatoms. The van der Waals surface area contributed by atoms with E-state index in [9.17, 15) is 14.4 Å². The Morgan fingerprint density at radius 3 is 2.74 bits per heavy atom. The van der Waals surface area contributed by atoms with Gasteiger partial charge < -0.3 is 16.8 Å². The first-order chi connectivity index (χ1) is 16.3. The average molecular weight is 478 g/mol. The number of nitrogens with zero attached hydrogens (tertiary/aromatic N) is 6. The summed E-state index contributed by atoms with van der Waals surface area (Å²) < 4.78 is 15.4. The number of hydrogen-bond acceptors (Lipinski definition) is 9. The van der Waals surface area contributed by atoms with E-state index in [1.54, 1.807) is 18.2 Å². The summed E-state index contributed by atoms with van der Waals surface area (Å²) >= 11 is 6.32. The fourth-order valence-electron chi connectivity index (χ4n) is 3.93. The molecule has 3 heterocycles. The maximum absolute atomic E-state index is 14.0. The van der Waals surface area contributed by atoms with Crippen LogP contribution in [0.3, 0.4) is 0 Å². The van der Waals surface area contributed by atoms with Crippen LogP contribution in [-0.4, -0.2) is 31.0 Å². The van der Waals surface area contributed by atoms with E-state index in [0.29, 0.717) is 24.2 Å². The number of fused-ring (bicyclic) bond motifs is 1. The van der Waals surface area contributed by atoms with Gasteiger partial charge in [-0.1, -0.05) is 17.7 Å². The monoisotopic (exact) mass is 477 g/mol. The van der Waals surface area contributed by atoms with Gasteiger partial charge in [-0.2, -0.15) is 15.2 Å². The Morgan fingerprint density at radius 1 is 1.24 bits per heavy atom. The van der Waals surface area contributed by atoms with Crippen LogP contribution in [0, 0.1) is 17.1 Å². The van der Waals surface area contributed by atoms with E-state index in [1.807, 2.05) is 6.07 Å². The molecule has 0 aliphatic heterocycles. The Morgan fingerprint density at radius 2 is 2.03 bits per heavy atom. The summed E-state index contributed by atoms with van der Waals surface area (Å²) in [5.41, 5.74) is 11.2. The average Bonchev–Trinajstić information content (AvgIpc) is 3.58. The quantitative estimate of drug-likeness (QED) is 0.392. The van der Waals surface area contributed by atoms with Gasteiger partial charge in [0.05, 0.1) is 34.0 Å². The Kier molecular flexibility index (Phi) is 5.02. The summed E-state index contributed by atoms with van der Waals surface area (Å²) in [7, 11) is 0. The Bertz CT molecular complexity index is 1560. The molecule has 0 radical (unpaired) electrons. The number of hydrogen-bond donors (Lipinski definition) is 3. The lowest BCUT2D eigenvalue weighted by molar-refractivity contribution is 0.611. The second-order valence-corrected chi connectivity index (χ2v) is 8.41. The second kappa shape index (κ2) is 7.93. The van der Waals surface area contributed by atoms with Crippen LogP contribution in [0.15, 0.2) is 41.5 Å². The van der Waals surface area contributed by atoms with E-state index in [1.165, 1.54) is 16.8 Å². The lowest BCUT2D eigenvalue weighted by atomic mass is 10.0. The maximum Gasteiger partial charge on any atom is 0.267 e. The predicted molar refractivity (Wildman–Crippen MR) is 125 cm³/mol. The van der Waals surface area contributed by atoms with Gasteiger partial charge in [0.2, 0.25) is 5.95 Å². The van der Waals surface area contributed by atoms with Crippen molar-refractivity contribution < 1.29 is 4.39 Å². The molecule has 5 rings (SSSR count). The minimum Gasteiger partial charge on any atom is -0.382 e. The van der Waals surface area contributed by atoms with Crippen molar-refractivity contribution in [3.05, 3.63) is 69.2 Å². The van der Waals surface area contributed by atoms with Crippen molar-refractivity contribution in [3.8, 4) is 11.8 Å². The summed E-state index contributed by atoms with van der Waals surface area (Å²) in [6.07, 6.45) is 3.80. The molecule has 34 heavy (non-hydrogen) atoms. The topological polar surface area (TPSA) is 161 Å². The summed E-state index contributed by atoms with van der Waals surface area (Å²) in [5, 5.41) is 13.0. The molecule has 1 aromatic carbocycles. The molecular formula is C22H17ClFN9O. The zero-order chi connectivity index (χ0) is 24.0. The van der Waals surface area contributed by atoms with Gasteiger partial charge in [0.1, 0.15) is 29.1 Å². The first-order valence-corrected chi connectivity index (χ1v) is 10.6. The van der Waals surface area contributed by atoms with Gasteiger partial charge in [-0.25, -0.2) is 9.37 Å². The first-order valence-electron chi connectivity index (χ1n) is 10.2. The van der Waals surface area contributed by atoms with Crippen molar-refractivity contribution in [1.82, 2.24) is 24.5 Å². The van der Waals surface area contributed by atoms with E-state index < -0.39 is 16.8 Å². The predicted octanol–water partition coefficient (Wildman–Crippen LogP) is 2.54. The molecule has 0 bridgehead atoms. The molecule has 170 valence electrons. The molecule has 0 saturated heterocycles. The summed E-state index contributed by atoms with van der Waals surface area (Å²) in [6, 6.07) is 8.19. The van der Waals surface area contributed by atoms with Crippen LogP contribution < -0.4 is 22.3 Å². The minimum atomic E-state index is -0.608. The van der Waals surface area contributed by atoms with Gasteiger partial charge in [0.25, 0.3) is 5.56 Å². The van der Waals surface area contributed by atoms with Gasteiger partial charge in [-0.15, -0.1) is 0 Å². The molecule has 1 aliphatic rings. The number of anilines is 3. The molecular weight excluding hydrogens is 461 g/mol. The molecule has 10 nitrogen and oxygen atoms in total. The number of benzene rings is 1. The molecule has 1 fully saturated rings. The second-order valence-electron chi connectivity index (χ2n) is 8.01. The van der Waals surface area contributed by atoms with E-state index in [2.05, 4.69) is 20.3 Å². The zero-order valence-corrected chi connectivity index (χ0v) is 18.3. The number of nitrogens with two attached hydrogens (primary N) is 2. The SMILES string of the molecule is N#Cc1c(N)nc(N)nc1NCC1(c2nc3cccc(Cl)c3c(=O)n2-c2cncc(F)c2)CC1. The van der Waals surface area contributed by atoms with Gasteiger partial charge >= 0.3 is 0 Å². The van der Waals surface area contributed by atoms with Crippen LogP contribution in [0.1, 0.15) is 24.2 Å². The number of aromatic nitrogens is 5. The van der Waals surface area contributed by atoms with E-state index in [-0.39, 0.29) is 45.8 Å². The van der Waals surface area contributed by atoms with E-state index in [0.717, 1.165) is 6.20 Å². The highest BCUT2D eigenvalue weighted by molar-refractivity contribution is 6.35. The highest BCUT2D eigenvalue weighted by Gasteiger charge is 2.48. The van der Waals surface area contributed by atoms with Crippen LogP contribution in [0.5, 0.6) is 0 Å². The van der Waals surface area contributed by atoms with Crippen molar-refractivity contribution in [2.24, 2.45) is 0 Å². The van der Waals surface area contributed by atoms with Crippen LogP contribution in [-0.2, 0) is 5.41 Å². The number of nitrogen functional groups attached to an aromatic ring is 2. The molecule has 0 unspecified atom stereocenters. The molecule has 5 N–H and O–H groups in total. The van der Waals surface area contributed by atoms with Crippen LogP contribution in [0.4, 0.5) is 22.0 Å². The molecule has 0 atom stereocenters. The van der Waals surface area contributed by atoms with Gasteiger partial charge in [-0.3, -0.25) is 14.3 Å². The van der Waals surface area contributed by atoms with Crippen LogP contribution >= 0.6 is 11.6 Å². The Balaban J connectivity index is 1.66. The lowest BCUT2D eigenvalue weighted by Gasteiger charge is -2.22. The number of halogens is 2. The first kappa shape index (κ1) is 21.5. The largest absolute Gasteiger partial charge is 0.382 e. The summed E-state index contributed by atoms with van der Waals surface area (Å²) in [5.74, 6) is -0.110. The zero-order valence-electron chi connectivity index (χ0n) is 17.6.